The number of nitrogens with one attached hydrogen (secondary N) is 1. The van der Waals surface area contributed by atoms with E-state index >= 15 is 0 Å². The fourth-order valence-electron chi connectivity index (χ4n) is 2.08. The third kappa shape index (κ3) is 3.36. The molecule has 3 N–H and O–H groups in total. The lowest BCUT2D eigenvalue weighted by Gasteiger charge is -2.24. The van der Waals surface area contributed by atoms with Gasteiger partial charge in [-0.2, -0.15) is 0 Å². The molecule has 0 spiro atoms. The molecule has 2 unspecified atom stereocenters. The topological polar surface area (TPSA) is 55.1 Å². The normalized spacial score (nSPS) is 13.5. The predicted molar refractivity (Wildman–Crippen MR) is 76.1 cm³/mol. The second kappa shape index (κ2) is 6.07. The van der Waals surface area contributed by atoms with Gasteiger partial charge in [0.2, 0.25) is 0 Å². The fourth-order valence-corrected chi connectivity index (χ4v) is 2.08. The maximum absolute atomic E-state index is 11.3. The maximum Gasteiger partial charge on any atom is 0.399 e. The van der Waals surface area contributed by atoms with Crippen molar-refractivity contribution in [1.82, 2.24) is 5.32 Å². The summed E-state index contributed by atoms with van der Waals surface area (Å²) in [5.74, 6) is -0.333. The third-order valence-electron chi connectivity index (χ3n) is 3.02. The Bertz CT molecular complexity index is 525. The Morgan fingerprint density at radius 2 is 1.42 bits per heavy atom. The highest BCUT2D eigenvalue weighted by Gasteiger charge is 2.23. The van der Waals surface area contributed by atoms with Gasteiger partial charge in [0.05, 0.1) is 12.1 Å². The lowest BCUT2D eigenvalue weighted by Crippen LogP contribution is -2.34. The van der Waals surface area contributed by atoms with Gasteiger partial charge in [-0.3, -0.25) is 0 Å². The van der Waals surface area contributed by atoms with Crippen LogP contribution < -0.4 is 11.1 Å². The molecule has 0 aliphatic heterocycles. The summed E-state index contributed by atoms with van der Waals surface area (Å²) >= 11 is 0. The second-order valence-corrected chi connectivity index (χ2v) is 4.39. The molecule has 0 saturated heterocycles. The molecule has 0 heterocycles. The quantitative estimate of drug-likeness (QED) is 0.822. The van der Waals surface area contributed by atoms with Crippen molar-refractivity contribution in [2.45, 2.75) is 12.1 Å². The van der Waals surface area contributed by atoms with Crippen LogP contribution in [0.15, 0.2) is 60.7 Å². The molecule has 96 valence electrons. The van der Waals surface area contributed by atoms with Gasteiger partial charge in [-0.15, -0.1) is 0 Å². The van der Waals surface area contributed by atoms with Crippen molar-refractivity contribution in [3.63, 3.8) is 0 Å². The van der Waals surface area contributed by atoms with Gasteiger partial charge in [-0.1, -0.05) is 60.7 Å². The summed E-state index contributed by atoms with van der Waals surface area (Å²) < 4.78 is 0. The van der Waals surface area contributed by atoms with Crippen molar-refractivity contribution in [1.29, 1.82) is 0 Å². The first-order chi connectivity index (χ1) is 9.18. The van der Waals surface area contributed by atoms with E-state index in [0.717, 1.165) is 11.1 Å². The Labute approximate surface area is 113 Å². The van der Waals surface area contributed by atoms with Gasteiger partial charge in [0, 0.05) is 0 Å². The summed E-state index contributed by atoms with van der Waals surface area (Å²) in [5.41, 5.74) is 8.22. The van der Waals surface area contributed by atoms with E-state index in [0.29, 0.717) is 0 Å². The zero-order chi connectivity index (χ0) is 13.7. The number of hydrogen-bond donors (Lipinski definition) is 2. The van der Waals surface area contributed by atoms with Gasteiger partial charge in [0.25, 0.3) is 0 Å². The van der Waals surface area contributed by atoms with Gasteiger partial charge >= 0.3 is 5.91 Å². The standard InChI is InChI=1S/C16H16N2O/c1-12(19)18-16(14-10-6-3-7-11-14)15(17)13-8-4-2-5-9-13/h2-11,15-16H,1,17H2/p+1. The Kier molecular flexibility index (Phi) is 4.21. The number of nitrogens with two attached hydrogens (primary N) is 1. The highest BCUT2D eigenvalue weighted by atomic mass is 16.1. The molecule has 0 radical (unpaired) electrons. The van der Waals surface area contributed by atoms with Crippen LogP contribution in [0.25, 0.3) is 0 Å². The molecule has 2 aromatic carbocycles. The van der Waals surface area contributed by atoms with E-state index < -0.39 is 0 Å². The van der Waals surface area contributed by atoms with Gasteiger partial charge < -0.3 is 11.1 Å². The summed E-state index contributed by atoms with van der Waals surface area (Å²) in [6.45, 7) is 3.37. The summed E-state index contributed by atoms with van der Waals surface area (Å²) in [4.78, 5) is 11.3. The molecule has 0 aliphatic rings. The van der Waals surface area contributed by atoms with E-state index in [1.807, 2.05) is 60.7 Å². The van der Waals surface area contributed by atoms with E-state index in [9.17, 15) is 4.79 Å². The molecule has 0 fully saturated rings. The first-order valence-corrected chi connectivity index (χ1v) is 6.16. The van der Waals surface area contributed by atoms with Crippen LogP contribution >= 0.6 is 0 Å². The molecule has 2 atom stereocenters. The van der Waals surface area contributed by atoms with Crippen LogP contribution in [0.5, 0.6) is 0 Å². The summed E-state index contributed by atoms with van der Waals surface area (Å²) in [5, 5.41) is 2.82. The molecule has 3 heteroatoms. The first-order valence-electron chi connectivity index (χ1n) is 6.16. The minimum atomic E-state index is -0.333. The maximum atomic E-state index is 11.3. The number of benzene rings is 2. The molecule has 1 amide bonds. The van der Waals surface area contributed by atoms with Crippen LogP contribution in [0.2, 0.25) is 0 Å². The van der Waals surface area contributed by atoms with E-state index in [1.54, 1.807) is 0 Å². The SMILES string of the molecule is [CH2+]C(=O)NC(c1ccccc1)C(N)c1ccccc1. The number of hydrogen-bond acceptors (Lipinski definition) is 2. The number of rotatable bonds is 4. The molecule has 2 rings (SSSR count). The largest absolute Gasteiger partial charge is 0.399 e. The first kappa shape index (κ1) is 13.2. The van der Waals surface area contributed by atoms with Crippen molar-refractivity contribution < 1.29 is 4.79 Å². The van der Waals surface area contributed by atoms with Gasteiger partial charge in [0.1, 0.15) is 0 Å². The number of carbonyl (C=O) groups is 1. The van der Waals surface area contributed by atoms with Crippen LogP contribution in [0, 0.1) is 6.92 Å². The van der Waals surface area contributed by atoms with Crippen molar-refractivity contribution in [2.24, 2.45) is 5.73 Å². The minimum Gasteiger partial charge on any atom is -0.322 e. The lowest BCUT2D eigenvalue weighted by atomic mass is 9.94. The van der Waals surface area contributed by atoms with Crippen LogP contribution in [-0.4, -0.2) is 5.91 Å². The summed E-state index contributed by atoms with van der Waals surface area (Å²) in [6.07, 6.45) is 0. The molecule has 0 saturated carbocycles. The predicted octanol–water partition coefficient (Wildman–Crippen LogP) is 2.38. The van der Waals surface area contributed by atoms with E-state index in [-0.39, 0.29) is 18.0 Å². The molecule has 3 nitrogen and oxygen atoms in total. The lowest BCUT2D eigenvalue weighted by molar-refractivity contribution is -0.117. The molecule has 2 aromatic rings. The highest BCUT2D eigenvalue weighted by Crippen LogP contribution is 2.26. The Morgan fingerprint density at radius 3 is 1.89 bits per heavy atom. The molecule has 0 bridgehead atoms. The molecule has 0 aliphatic carbocycles. The van der Waals surface area contributed by atoms with Gasteiger partial charge in [-0.05, 0) is 11.1 Å². The molecule has 19 heavy (non-hydrogen) atoms. The van der Waals surface area contributed by atoms with Crippen LogP contribution in [0.1, 0.15) is 23.2 Å². The van der Waals surface area contributed by atoms with Crippen LogP contribution in [0.4, 0.5) is 0 Å². The Hall–Kier alpha value is -2.26. The van der Waals surface area contributed by atoms with E-state index in [2.05, 4.69) is 12.2 Å². The van der Waals surface area contributed by atoms with Crippen molar-refractivity contribution in [2.75, 3.05) is 0 Å². The molecule has 0 aromatic heterocycles. The monoisotopic (exact) mass is 253 g/mol. The zero-order valence-electron chi connectivity index (χ0n) is 10.6. The highest BCUT2D eigenvalue weighted by molar-refractivity contribution is 5.80. The molecular formula is C16H17N2O+. The van der Waals surface area contributed by atoms with Gasteiger partial charge in [0.15, 0.2) is 6.92 Å². The zero-order valence-corrected chi connectivity index (χ0v) is 10.6. The second-order valence-electron chi connectivity index (χ2n) is 4.39. The molecular weight excluding hydrogens is 236 g/mol. The van der Waals surface area contributed by atoms with Crippen molar-refractivity contribution >= 4 is 5.91 Å². The Balaban J connectivity index is 2.30. The summed E-state index contributed by atoms with van der Waals surface area (Å²) in [7, 11) is 0. The van der Waals surface area contributed by atoms with Gasteiger partial charge in [-0.25, -0.2) is 4.79 Å². The smallest absolute Gasteiger partial charge is 0.322 e. The van der Waals surface area contributed by atoms with E-state index in [1.165, 1.54) is 0 Å². The number of carbonyl (C=O) groups excluding carboxylic acids is 1. The average molecular weight is 253 g/mol. The number of amides is 1. The average Bonchev–Trinajstić information content (AvgIpc) is 2.46. The summed E-state index contributed by atoms with van der Waals surface area (Å²) in [6, 6.07) is 18.8. The fraction of sp³-hybridized carbons (Fsp3) is 0.125. The van der Waals surface area contributed by atoms with Crippen LogP contribution in [-0.2, 0) is 4.79 Å². The van der Waals surface area contributed by atoms with Crippen molar-refractivity contribution in [3.05, 3.63) is 78.7 Å². The third-order valence-corrected chi connectivity index (χ3v) is 3.02. The Morgan fingerprint density at radius 1 is 0.947 bits per heavy atom. The van der Waals surface area contributed by atoms with E-state index in [4.69, 9.17) is 5.73 Å². The van der Waals surface area contributed by atoms with Crippen molar-refractivity contribution in [3.8, 4) is 0 Å². The minimum absolute atomic E-state index is 0.284. The van der Waals surface area contributed by atoms with Crippen LogP contribution in [0.3, 0.4) is 0 Å².